The van der Waals surface area contributed by atoms with Crippen molar-refractivity contribution in [2.75, 3.05) is 39.1 Å². The Morgan fingerprint density at radius 2 is 1.70 bits per heavy atom. The number of anilines is 1. The van der Waals surface area contributed by atoms with Gasteiger partial charge in [-0.25, -0.2) is 0 Å². The Morgan fingerprint density at radius 1 is 1.05 bits per heavy atom. The fourth-order valence-electron chi connectivity index (χ4n) is 2.09. The van der Waals surface area contributed by atoms with Crippen LogP contribution in [0.15, 0.2) is 18.2 Å². The lowest BCUT2D eigenvalue weighted by molar-refractivity contribution is 0.416. The van der Waals surface area contributed by atoms with Crippen LogP contribution in [-0.2, 0) is 6.54 Å². The van der Waals surface area contributed by atoms with Gasteiger partial charge >= 0.3 is 0 Å². The molecule has 0 aliphatic rings. The number of nitrogens with one attached hydrogen (secondary N) is 1. The number of aryl methyl sites for hydroxylation is 1. The first-order chi connectivity index (χ1) is 9.19. The van der Waals surface area contributed by atoms with Gasteiger partial charge in [0.25, 0.3) is 0 Å². The third-order valence-electron chi connectivity index (χ3n) is 3.38. The average molecular weight is 277 g/mol. The Hall–Kier alpha value is -1.06. The largest absolute Gasteiger partial charge is 0.373 e. The minimum Gasteiger partial charge on any atom is -0.373 e. The van der Waals surface area contributed by atoms with Gasteiger partial charge in [0.05, 0.1) is 0 Å². The second-order valence-electron chi connectivity index (χ2n) is 6.95. The van der Waals surface area contributed by atoms with Crippen molar-refractivity contribution in [2.45, 2.75) is 39.8 Å². The quantitative estimate of drug-likeness (QED) is 0.862. The minimum absolute atomic E-state index is 0.162. The molecule has 20 heavy (non-hydrogen) atoms. The van der Waals surface area contributed by atoms with E-state index in [9.17, 15) is 0 Å². The first kappa shape index (κ1) is 17.0. The van der Waals surface area contributed by atoms with Crippen LogP contribution in [0, 0.1) is 6.92 Å². The third-order valence-corrected chi connectivity index (χ3v) is 3.38. The fourth-order valence-corrected chi connectivity index (χ4v) is 2.09. The summed E-state index contributed by atoms with van der Waals surface area (Å²) in [5, 5.41) is 3.53. The van der Waals surface area contributed by atoms with Gasteiger partial charge in [0.2, 0.25) is 0 Å². The third kappa shape index (κ3) is 5.93. The standard InChI is InChI=1S/C17H31N3/c1-14-12-15(13-18-17(2,3)4)8-9-16(14)20(7)11-10-19(5)6/h8-9,12,18H,10-11,13H2,1-7H3. The summed E-state index contributed by atoms with van der Waals surface area (Å²) in [4.78, 5) is 4.55. The van der Waals surface area contributed by atoms with Crippen LogP contribution in [-0.4, -0.2) is 44.7 Å². The molecule has 0 heterocycles. The molecule has 0 radical (unpaired) electrons. The van der Waals surface area contributed by atoms with Crippen molar-refractivity contribution in [1.29, 1.82) is 0 Å². The van der Waals surface area contributed by atoms with Crippen molar-refractivity contribution < 1.29 is 0 Å². The van der Waals surface area contributed by atoms with E-state index in [2.05, 4.69) is 82.2 Å². The Bertz CT molecular complexity index is 419. The van der Waals surface area contributed by atoms with Crippen LogP contribution in [0.5, 0.6) is 0 Å². The summed E-state index contributed by atoms with van der Waals surface area (Å²) in [6.07, 6.45) is 0. The van der Waals surface area contributed by atoms with E-state index in [1.165, 1.54) is 16.8 Å². The van der Waals surface area contributed by atoms with Crippen LogP contribution in [0.2, 0.25) is 0 Å². The maximum Gasteiger partial charge on any atom is 0.0393 e. The number of likely N-dealkylation sites (N-methyl/N-ethyl adjacent to an activating group) is 2. The van der Waals surface area contributed by atoms with Crippen LogP contribution in [0.4, 0.5) is 5.69 Å². The van der Waals surface area contributed by atoms with Gasteiger partial charge in [-0.1, -0.05) is 12.1 Å². The molecule has 1 rings (SSSR count). The zero-order chi connectivity index (χ0) is 15.3. The highest BCUT2D eigenvalue weighted by molar-refractivity contribution is 5.53. The second-order valence-corrected chi connectivity index (χ2v) is 6.95. The smallest absolute Gasteiger partial charge is 0.0393 e. The summed E-state index contributed by atoms with van der Waals surface area (Å²) in [5.74, 6) is 0. The van der Waals surface area contributed by atoms with E-state index in [4.69, 9.17) is 0 Å². The topological polar surface area (TPSA) is 18.5 Å². The molecule has 1 N–H and O–H groups in total. The SMILES string of the molecule is Cc1cc(CNC(C)(C)C)ccc1N(C)CCN(C)C. The van der Waals surface area contributed by atoms with Gasteiger partial charge < -0.3 is 15.1 Å². The first-order valence-corrected chi connectivity index (χ1v) is 7.39. The predicted molar refractivity (Wildman–Crippen MR) is 89.6 cm³/mol. The van der Waals surface area contributed by atoms with Gasteiger partial charge in [-0.05, 0) is 59.0 Å². The van der Waals surface area contributed by atoms with E-state index in [1.54, 1.807) is 0 Å². The molecule has 1 aromatic carbocycles. The molecule has 0 aliphatic carbocycles. The first-order valence-electron chi connectivity index (χ1n) is 7.39. The van der Waals surface area contributed by atoms with Gasteiger partial charge in [-0.3, -0.25) is 0 Å². The molecule has 0 aliphatic heterocycles. The number of nitrogens with zero attached hydrogens (tertiary/aromatic N) is 2. The number of hydrogen-bond acceptors (Lipinski definition) is 3. The summed E-state index contributed by atoms with van der Waals surface area (Å²) in [6.45, 7) is 11.8. The van der Waals surface area contributed by atoms with Crippen LogP contribution in [0.1, 0.15) is 31.9 Å². The number of hydrogen-bond donors (Lipinski definition) is 1. The zero-order valence-electron chi connectivity index (χ0n) is 14.2. The van der Waals surface area contributed by atoms with Crippen molar-refractivity contribution in [2.24, 2.45) is 0 Å². The van der Waals surface area contributed by atoms with E-state index in [0.29, 0.717) is 0 Å². The van der Waals surface area contributed by atoms with E-state index in [-0.39, 0.29) is 5.54 Å². The molecule has 0 aromatic heterocycles. The van der Waals surface area contributed by atoms with Crippen LogP contribution in [0.3, 0.4) is 0 Å². The van der Waals surface area contributed by atoms with Gasteiger partial charge in [-0.15, -0.1) is 0 Å². The summed E-state index contributed by atoms with van der Waals surface area (Å²) in [5.41, 5.74) is 4.18. The normalized spacial score (nSPS) is 12.0. The van der Waals surface area contributed by atoms with E-state index in [0.717, 1.165) is 19.6 Å². The Morgan fingerprint density at radius 3 is 2.20 bits per heavy atom. The van der Waals surface area contributed by atoms with Crippen molar-refractivity contribution in [3.63, 3.8) is 0 Å². The molecule has 3 heteroatoms. The van der Waals surface area contributed by atoms with Crippen molar-refractivity contribution in [1.82, 2.24) is 10.2 Å². The molecule has 1 aromatic rings. The highest BCUT2D eigenvalue weighted by Crippen LogP contribution is 2.20. The van der Waals surface area contributed by atoms with Gasteiger partial charge in [-0.2, -0.15) is 0 Å². The molecular weight excluding hydrogens is 246 g/mol. The molecular formula is C17H31N3. The lowest BCUT2D eigenvalue weighted by atomic mass is 10.1. The maximum atomic E-state index is 3.53. The molecule has 0 spiro atoms. The minimum atomic E-state index is 0.162. The van der Waals surface area contributed by atoms with Gasteiger partial charge in [0, 0.05) is 37.9 Å². The number of rotatable bonds is 6. The van der Waals surface area contributed by atoms with Crippen molar-refractivity contribution in [3.05, 3.63) is 29.3 Å². The van der Waals surface area contributed by atoms with Crippen LogP contribution < -0.4 is 10.2 Å². The second kappa shape index (κ2) is 7.09. The fraction of sp³-hybridized carbons (Fsp3) is 0.647. The summed E-state index contributed by atoms with van der Waals surface area (Å²) in [7, 11) is 6.39. The molecule has 0 saturated carbocycles. The molecule has 0 bridgehead atoms. The van der Waals surface area contributed by atoms with Crippen molar-refractivity contribution in [3.8, 4) is 0 Å². The van der Waals surface area contributed by atoms with Crippen LogP contribution in [0.25, 0.3) is 0 Å². The van der Waals surface area contributed by atoms with E-state index in [1.807, 2.05) is 0 Å². The van der Waals surface area contributed by atoms with Gasteiger partial charge in [0.1, 0.15) is 0 Å². The predicted octanol–water partition coefficient (Wildman–Crippen LogP) is 2.88. The molecule has 114 valence electrons. The van der Waals surface area contributed by atoms with E-state index < -0.39 is 0 Å². The molecule has 0 fully saturated rings. The highest BCUT2D eigenvalue weighted by atomic mass is 15.2. The Balaban J connectivity index is 2.67. The van der Waals surface area contributed by atoms with Crippen molar-refractivity contribution >= 4 is 5.69 Å². The Labute approximate surface area is 125 Å². The lowest BCUT2D eigenvalue weighted by Crippen LogP contribution is -2.35. The van der Waals surface area contributed by atoms with Gasteiger partial charge in [0.15, 0.2) is 0 Å². The van der Waals surface area contributed by atoms with E-state index >= 15 is 0 Å². The highest BCUT2D eigenvalue weighted by Gasteiger charge is 2.10. The summed E-state index contributed by atoms with van der Waals surface area (Å²) >= 11 is 0. The monoisotopic (exact) mass is 277 g/mol. The average Bonchev–Trinajstić information content (AvgIpc) is 2.32. The summed E-state index contributed by atoms with van der Waals surface area (Å²) in [6, 6.07) is 6.76. The molecule has 0 unspecified atom stereocenters. The number of benzene rings is 1. The summed E-state index contributed by atoms with van der Waals surface area (Å²) < 4.78 is 0. The lowest BCUT2D eigenvalue weighted by Gasteiger charge is -2.24. The molecule has 0 amide bonds. The molecule has 0 atom stereocenters. The maximum absolute atomic E-state index is 3.53. The Kier molecular flexibility index (Phi) is 6.03. The molecule has 3 nitrogen and oxygen atoms in total. The molecule has 0 saturated heterocycles. The van der Waals surface area contributed by atoms with Crippen LogP contribution >= 0.6 is 0 Å². The zero-order valence-corrected chi connectivity index (χ0v) is 14.2.